The normalized spacial score (nSPS) is 23.5. The molecule has 0 amide bonds. The van der Waals surface area contributed by atoms with E-state index < -0.39 is 21.4 Å². The maximum Gasteiger partial charge on any atom is 0.179 e. The lowest BCUT2D eigenvalue weighted by Gasteiger charge is -2.38. The maximum absolute atomic E-state index is 13.8. The molecule has 2 aliphatic rings. The van der Waals surface area contributed by atoms with Gasteiger partial charge in [0.1, 0.15) is 5.76 Å². The molecule has 0 saturated heterocycles. The van der Waals surface area contributed by atoms with Gasteiger partial charge < -0.3 is 14.7 Å². The predicted molar refractivity (Wildman–Crippen MR) is 136 cm³/mol. The minimum absolute atomic E-state index is 0.0187. The lowest BCUT2D eigenvalue weighted by molar-refractivity contribution is 0.0674. The van der Waals surface area contributed by atoms with Crippen LogP contribution in [0, 0.1) is 5.41 Å². The molecule has 1 N–H and O–H groups in total. The number of rotatable bonds is 8. The van der Waals surface area contributed by atoms with Crippen molar-refractivity contribution in [1.82, 2.24) is 0 Å². The second kappa shape index (κ2) is 10.5. The molecular weight excluding hydrogens is 434 g/mol. The molecule has 6 heteroatoms. The van der Waals surface area contributed by atoms with Gasteiger partial charge >= 0.3 is 0 Å². The molecular formula is C27H39NO4S. The number of aliphatic hydroxyl groups excluding tert-OH is 1. The number of benzene rings is 1. The molecule has 1 aromatic rings. The Labute approximate surface area is 199 Å². The van der Waals surface area contributed by atoms with Gasteiger partial charge in [-0.05, 0) is 60.8 Å². The quantitative estimate of drug-likeness (QED) is 0.539. The first-order valence-corrected chi connectivity index (χ1v) is 13.7. The fraction of sp³-hybridized carbons (Fsp3) is 0.556. The van der Waals surface area contributed by atoms with Crippen LogP contribution in [0.1, 0.15) is 64.4 Å². The van der Waals surface area contributed by atoms with E-state index in [1.165, 1.54) is 0 Å². The predicted octanol–water partition coefficient (Wildman–Crippen LogP) is 5.51. The third kappa shape index (κ3) is 5.22. The van der Waals surface area contributed by atoms with E-state index in [-0.39, 0.29) is 5.75 Å². The van der Waals surface area contributed by atoms with E-state index in [0.717, 1.165) is 48.3 Å². The lowest BCUT2D eigenvalue weighted by atomic mass is 9.70. The van der Waals surface area contributed by atoms with E-state index in [2.05, 4.69) is 13.8 Å². The lowest BCUT2D eigenvalue weighted by Crippen LogP contribution is -2.40. The number of aliphatic hydroxyl groups is 1. The van der Waals surface area contributed by atoms with E-state index in [4.69, 9.17) is 4.74 Å². The van der Waals surface area contributed by atoms with Crippen LogP contribution >= 0.6 is 0 Å². The molecule has 33 heavy (non-hydrogen) atoms. The van der Waals surface area contributed by atoms with Crippen LogP contribution in [0.3, 0.4) is 0 Å². The van der Waals surface area contributed by atoms with Gasteiger partial charge in [0.05, 0.1) is 23.9 Å². The number of fused-ring (bicyclic) bond motifs is 1. The summed E-state index contributed by atoms with van der Waals surface area (Å²) < 4.78 is 32.9. The van der Waals surface area contributed by atoms with Crippen LogP contribution < -0.4 is 4.90 Å². The van der Waals surface area contributed by atoms with Crippen molar-refractivity contribution >= 4 is 21.1 Å². The van der Waals surface area contributed by atoms with Crippen molar-refractivity contribution in [2.75, 3.05) is 31.9 Å². The minimum Gasteiger partial charge on any atom is -0.497 e. The smallest absolute Gasteiger partial charge is 0.179 e. The van der Waals surface area contributed by atoms with Crippen LogP contribution in [0.15, 0.2) is 52.7 Å². The Balaban J connectivity index is 2.31. The van der Waals surface area contributed by atoms with Crippen LogP contribution in [0.25, 0.3) is 5.57 Å². The fourth-order valence-electron chi connectivity index (χ4n) is 5.10. The summed E-state index contributed by atoms with van der Waals surface area (Å²) in [5.41, 5.74) is 2.55. The van der Waals surface area contributed by atoms with Crippen molar-refractivity contribution in [2.45, 2.75) is 69.8 Å². The fourth-order valence-corrected chi connectivity index (χ4v) is 7.23. The molecule has 1 unspecified atom stereocenters. The zero-order valence-electron chi connectivity index (χ0n) is 20.7. The molecule has 0 fully saturated rings. The summed E-state index contributed by atoms with van der Waals surface area (Å²) in [6, 6.07) is 5.51. The first-order valence-electron chi connectivity index (χ1n) is 12.1. The van der Waals surface area contributed by atoms with E-state index in [1.54, 1.807) is 13.2 Å². The largest absolute Gasteiger partial charge is 0.497 e. The zero-order valence-corrected chi connectivity index (χ0v) is 21.5. The van der Waals surface area contributed by atoms with Gasteiger partial charge in [-0.2, -0.15) is 0 Å². The standard InChI is InChI=1S/C27H39NO4S/c1-6-8-16-27(17-9-7-2)19-33(30,31)24-15-12-21(28(3)4)18-23(24)25(26(27)29)20-10-13-22(32-5)14-11-20/h10,12-15,18,26,29H,6-9,11,16-17,19H2,1-5H3/b25-20+. The third-order valence-corrected chi connectivity index (χ3v) is 9.03. The molecule has 1 aliphatic heterocycles. The van der Waals surface area contributed by atoms with Crippen molar-refractivity contribution in [3.05, 3.63) is 53.3 Å². The minimum atomic E-state index is -3.59. The van der Waals surface area contributed by atoms with Crippen molar-refractivity contribution in [1.29, 1.82) is 0 Å². The molecule has 1 atom stereocenters. The van der Waals surface area contributed by atoms with Crippen molar-refractivity contribution < 1.29 is 18.3 Å². The van der Waals surface area contributed by atoms with Gasteiger partial charge in [0, 0.05) is 30.8 Å². The number of hydrogen-bond donors (Lipinski definition) is 1. The second-order valence-corrected chi connectivity index (χ2v) is 11.6. The number of hydrogen-bond acceptors (Lipinski definition) is 5. The van der Waals surface area contributed by atoms with Crippen molar-refractivity contribution in [2.24, 2.45) is 5.41 Å². The van der Waals surface area contributed by atoms with Gasteiger partial charge in [0.25, 0.3) is 0 Å². The number of methoxy groups -OCH3 is 1. The number of ether oxygens (including phenoxy) is 1. The van der Waals surface area contributed by atoms with Crippen LogP contribution in [-0.2, 0) is 14.6 Å². The molecule has 0 spiro atoms. The van der Waals surface area contributed by atoms with E-state index in [9.17, 15) is 13.5 Å². The van der Waals surface area contributed by atoms with E-state index >= 15 is 0 Å². The second-order valence-electron chi connectivity index (χ2n) is 9.59. The maximum atomic E-state index is 13.8. The number of nitrogens with zero attached hydrogens (tertiary/aromatic N) is 1. The molecule has 0 radical (unpaired) electrons. The third-order valence-electron chi connectivity index (χ3n) is 7.05. The Bertz CT molecular complexity index is 1040. The Morgan fingerprint density at radius 3 is 2.30 bits per heavy atom. The molecule has 1 heterocycles. The summed E-state index contributed by atoms with van der Waals surface area (Å²) in [5.74, 6) is 0.760. The van der Waals surface area contributed by atoms with Gasteiger partial charge in [-0.3, -0.25) is 0 Å². The van der Waals surface area contributed by atoms with Crippen LogP contribution in [0.4, 0.5) is 5.69 Å². The molecule has 0 bridgehead atoms. The highest BCUT2D eigenvalue weighted by molar-refractivity contribution is 7.91. The average Bonchev–Trinajstić information content (AvgIpc) is 2.87. The Morgan fingerprint density at radius 2 is 1.79 bits per heavy atom. The average molecular weight is 474 g/mol. The summed E-state index contributed by atoms with van der Waals surface area (Å²) in [6.07, 6.45) is 10.7. The highest BCUT2D eigenvalue weighted by Gasteiger charge is 2.47. The van der Waals surface area contributed by atoms with Crippen LogP contribution in [-0.4, -0.2) is 46.6 Å². The number of anilines is 1. The molecule has 0 saturated carbocycles. The zero-order chi connectivity index (χ0) is 24.2. The van der Waals surface area contributed by atoms with Crippen LogP contribution in [0.2, 0.25) is 0 Å². The molecule has 1 aliphatic carbocycles. The van der Waals surface area contributed by atoms with Crippen molar-refractivity contribution in [3.63, 3.8) is 0 Å². The summed E-state index contributed by atoms with van der Waals surface area (Å²) in [4.78, 5) is 2.30. The topological polar surface area (TPSA) is 66.8 Å². The van der Waals surface area contributed by atoms with Crippen molar-refractivity contribution in [3.8, 4) is 0 Å². The summed E-state index contributed by atoms with van der Waals surface area (Å²) in [5, 5.41) is 12.1. The Kier molecular flexibility index (Phi) is 8.12. The highest BCUT2D eigenvalue weighted by Crippen LogP contribution is 2.49. The highest BCUT2D eigenvalue weighted by atomic mass is 32.2. The summed E-state index contributed by atoms with van der Waals surface area (Å²) >= 11 is 0. The number of unbranched alkanes of at least 4 members (excludes halogenated alkanes) is 2. The van der Waals surface area contributed by atoms with E-state index in [1.807, 2.05) is 49.4 Å². The summed E-state index contributed by atoms with van der Waals surface area (Å²) in [6.45, 7) is 4.23. The first-order chi connectivity index (χ1) is 15.7. The van der Waals surface area contributed by atoms with Gasteiger partial charge in [-0.25, -0.2) is 8.42 Å². The molecule has 5 nitrogen and oxygen atoms in total. The first kappa shape index (κ1) is 25.6. The monoisotopic (exact) mass is 473 g/mol. The molecule has 0 aromatic heterocycles. The number of allylic oxidation sites excluding steroid dienone is 4. The molecule has 3 rings (SSSR count). The van der Waals surface area contributed by atoms with Gasteiger partial charge in [0.2, 0.25) is 0 Å². The molecule has 182 valence electrons. The van der Waals surface area contributed by atoms with E-state index in [0.29, 0.717) is 29.7 Å². The van der Waals surface area contributed by atoms with Gasteiger partial charge in [-0.1, -0.05) is 45.6 Å². The van der Waals surface area contributed by atoms with Gasteiger partial charge in [0.15, 0.2) is 9.84 Å². The SMILES string of the molecule is CCCCC1(CCCC)CS(=O)(=O)c2ccc(N(C)C)cc2/C(=C2/C=CC(OC)=CC2)C1O. The number of sulfone groups is 1. The van der Waals surface area contributed by atoms with Crippen LogP contribution in [0.5, 0.6) is 0 Å². The summed E-state index contributed by atoms with van der Waals surface area (Å²) in [7, 11) is 1.94. The Morgan fingerprint density at radius 1 is 1.12 bits per heavy atom. The Hall–Kier alpha value is -2.05. The molecule has 1 aromatic carbocycles. The van der Waals surface area contributed by atoms with Gasteiger partial charge in [-0.15, -0.1) is 0 Å².